The maximum Gasteiger partial charge on any atom is 0.414 e. The van der Waals surface area contributed by atoms with Crippen LogP contribution in [0.5, 0.6) is 0 Å². The van der Waals surface area contributed by atoms with Gasteiger partial charge in [0.1, 0.15) is 0 Å². The topological polar surface area (TPSA) is 45.2 Å². The number of fused-ring (bicyclic) bond motifs is 1. The number of alkyl halides is 3. The van der Waals surface area contributed by atoms with Gasteiger partial charge in [-0.15, -0.1) is 0 Å². The molecule has 1 fully saturated rings. The van der Waals surface area contributed by atoms with Gasteiger partial charge in [-0.25, -0.2) is 8.78 Å². The number of anilines is 1. The first-order valence-corrected chi connectivity index (χ1v) is 11.9. The Morgan fingerprint density at radius 3 is 2.24 bits per heavy atom. The number of rotatable bonds is 5. The number of amides is 1. The van der Waals surface area contributed by atoms with Crippen molar-refractivity contribution in [3.63, 3.8) is 0 Å². The van der Waals surface area contributed by atoms with Crippen molar-refractivity contribution >= 4 is 23.4 Å². The molecule has 0 bridgehead atoms. The van der Waals surface area contributed by atoms with Gasteiger partial charge in [0.05, 0.1) is 17.6 Å². The summed E-state index contributed by atoms with van der Waals surface area (Å²) in [6.07, 6.45) is -1.28. The van der Waals surface area contributed by atoms with Crippen molar-refractivity contribution in [2.75, 3.05) is 23.9 Å². The van der Waals surface area contributed by atoms with Crippen LogP contribution in [0.25, 0.3) is 0 Å². The first-order valence-electron chi connectivity index (χ1n) is 10.7. The lowest BCUT2D eigenvalue weighted by Gasteiger charge is -2.33. The predicted molar refractivity (Wildman–Crippen MR) is 117 cm³/mol. The van der Waals surface area contributed by atoms with Crippen molar-refractivity contribution < 1.29 is 26.7 Å². The molecule has 1 aliphatic carbocycles. The molecule has 1 aromatic heterocycles. The third-order valence-electron chi connectivity index (χ3n) is 6.23. The number of hydrogen-bond acceptors (Lipinski definition) is 4. The van der Waals surface area contributed by atoms with E-state index in [1.807, 2.05) is 0 Å². The van der Waals surface area contributed by atoms with Crippen LogP contribution in [-0.4, -0.2) is 46.6 Å². The molecule has 10 heteroatoms. The molecule has 2 aromatic rings. The molecule has 0 spiro atoms. The molecule has 0 radical (unpaired) electrons. The fourth-order valence-electron chi connectivity index (χ4n) is 4.55. The molecule has 4 rings (SSSR count). The summed E-state index contributed by atoms with van der Waals surface area (Å²) in [5.74, 6) is -1.17. The number of thioether (sulfide) groups is 1. The van der Waals surface area contributed by atoms with Crippen molar-refractivity contribution in [3.8, 4) is 0 Å². The number of hydrogen-bond donors (Lipinski definition) is 1. The lowest BCUT2D eigenvalue weighted by atomic mass is 9.99. The summed E-state index contributed by atoms with van der Waals surface area (Å²) in [5, 5.41) is 3.16. The van der Waals surface area contributed by atoms with Gasteiger partial charge in [0.2, 0.25) is 5.91 Å². The molecule has 1 saturated heterocycles. The van der Waals surface area contributed by atoms with E-state index in [0.717, 1.165) is 16.4 Å². The van der Waals surface area contributed by atoms with E-state index >= 15 is 0 Å². The van der Waals surface area contributed by atoms with Crippen LogP contribution in [0.15, 0.2) is 30.5 Å². The van der Waals surface area contributed by atoms with Crippen LogP contribution in [-0.2, 0) is 17.6 Å². The maximum atomic E-state index is 13.9. The molecule has 2 heterocycles. The van der Waals surface area contributed by atoms with Gasteiger partial charge >= 0.3 is 6.18 Å². The fourth-order valence-corrected chi connectivity index (χ4v) is 5.65. The van der Waals surface area contributed by atoms with E-state index in [4.69, 9.17) is 0 Å². The minimum absolute atomic E-state index is 0.152. The van der Waals surface area contributed by atoms with E-state index < -0.39 is 35.7 Å². The molecule has 1 N–H and O–H groups in total. The summed E-state index contributed by atoms with van der Waals surface area (Å²) >= 11 is 1.70. The SMILES string of the molecule is CN(C(=O)C1CCSCC1)C(c1ccc(NC2Cc3cc(F)c(F)cc3C2)cn1)C(F)(F)F. The normalized spacial score (nSPS) is 18.1. The minimum Gasteiger partial charge on any atom is -0.380 e. The van der Waals surface area contributed by atoms with Crippen LogP contribution >= 0.6 is 11.8 Å². The highest BCUT2D eigenvalue weighted by molar-refractivity contribution is 7.99. The predicted octanol–water partition coefficient (Wildman–Crippen LogP) is 5.14. The highest BCUT2D eigenvalue weighted by Crippen LogP contribution is 2.38. The van der Waals surface area contributed by atoms with Crippen molar-refractivity contribution in [2.45, 2.75) is 43.9 Å². The highest BCUT2D eigenvalue weighted by Gasteiger charge is 2.47. The average molecular weight is 486 g/mol. The molecule has 1 unspecified atom stereocenters. The molecule has 1 aliphatic heterocycles. The zero-order valence-corrected chi connectivity index (χ0v) is 18.8. The summed E-state index contributed by atoms with van der Waals surface area (Å²) in [5.41, 5.74) is 1.65. The van der Waals surface area contributed by atoms with Crippen molar-refractivity contribution in [1.29, 1.82) is 0 Å². The Bertz CT molecular complexity index is 977. The number of halogens is 5. The van der Waals surface area contributed by atoms with Gasteiger partial charge in [-0.05, 0) is 72.6 Å². The quantitative estimate of drug-likeness (QED) is 0.596. The van der Waals surface area contributed by atoms with Crippen LogP contribution in [0.1, 0.15) is 35.7 Å². The Morgan fingerprint density at radius 1 is 1.12 bits per heavy atom. The van der Waals surface area contributed by atoms with Crippen LogP contribution in [0, 0.1) is 17.6 Å². The smallest absolute Gasteiger partial charge is 0.380 e. The minimum atomic E-state index is -4.67. The number of nitrogens with zero attached hydrogens (tertiary/aromatic N) is 2. The van der Waals surface area contributed by atoms with E-state index in [1.165, 1.54) is 37.5 Å². The second-order valence-electron chi connectivity index (χ2n) is 8.54. The zero-order chi connectivity index (χ0) is 23.8. The molecule has 1 aromatic carbocycles. The van der Waals surface area contributed by atoms with E-state index in [2.05, 4.69) is 10.3 Å². The number of pyridine rings is 1. The standard InChI is InChI=1S/C23H24F5N3OS/c1-31(22(32)13-4-6-33-7-5-13)21(23(26,27)28)20-3-2-16(12-29-20)30-17-8-14-10-18(24)19(25)11-15(14)9-17/h2-3,10-13,17,21,30H,4-9H2,1H3. The van der Waals surface area contributed by atoms with E-state index in [9.17, 15) is 26.7 Å². The fraction of sp³-hybridized carbons (Fsp3) is 0.478. The van der Waals surface area contributed by atoms with Gasteiger partial charge in [0.25, 0.3) is 0 Å². The number of benzene rings is 1. The third kappa shape index (κ3) is 5.26. The first kappa shape index (κ1) is 23.8. The van der Waals surface area contributed by atoms with Crippen LogP contribution in [0.4, 0.5) is 27.6 Å². The van der Waals surface area contributed by atoms with Crippen LogP contribution in [0.3, 0.4) is 0 Å². The van der Waals surface area contributed by atoms with Gasteiger partial charge in [-0.2, -0.15) is 24.9 Å². The lowest BCUT2D eigenvalue weighted by molar-refractivity contribution is -0.191. The van der Waals surface area contributed by atoms with Gasteiger partial charge in [0, 0.05) is 19.0 Å². The largest absolute Gasteiger partial charge is 0.414 e. The monoisotopic (exact) mass is 485 g/mol. The number of nitrogens with one attached hydrogen (secondary N) is 1. The molecule has 178 valence electrons. The Hall–Kier alpha value is -2.36. The highest BCUT2D eigenvalue weighted by atomic mass is 32.2. The van der Waals surface area contributed by atoms with Crippen molar-refractivity contribution in [2.24, 2.45) is 5.92 Å². The van der Waals surface area contributed by atoms with Crippen LogP contribution in [0.2, 0.25) is 0 Å². The summed E-state index contributed by atoms with van der Waals surface area (Å²) in [6.45, 7) is 0. The van der Waals surface area contributed by atoms with Crippen molar-refractivity contribution in [3.05, 3.63) is 58.9 Å². The van der Waals surface area contributed by atoms with Crippen LogP contribution < -0.4 is 5.32 Å². The molecule has 1 amide bonds. The Kier molecular flexibility index (Phi) is 6.83. The first-order chi connectivity index (χ1) is 15.6. The summed E-state index contributed by atoms with van der Waals surface area (Å²) in [7, 11) is 1.18. The molecular weight excluding hydrogens is 461 g/mol. The number of aromatic nitrogens is 1. The molecule has 0 saturated carbocycles. The second-order valence-corrected chi connectivity index (χ2v) is 9.76. The summed E-state index contributed by atoms with van der Waals surface area (Å²) in [4.78, 5) is 17.5. The van der Waals surface area contributed by atoms with E-state index in [0.29, 0.717) is 42.5 Å². The number of carbonyl (C=O) groups excluding carboxylic acids is 1. The van der Waals surface area contributed by atoms with Gasteiger partial charge in [0.15, 0.2) is 17.7 Å². The molecule has 2 aliphatic rings. The Labute approximate surface area is 192 Å². The lowest BCUT2D eigenvalue weighted by Crippen LogP contribution is -2.43. The second kappa shape index (κ2) is 9.48. The summed E-state index contributed by atoms with van der Waals surface area (Å²) in [6, 6.07) is 2.83. The van der Waals surface area contributed by atoms with Crippen molar-refractivity contribution in [1.82, 2.24) is 9.88 Å². The maximum absolute atomic E-state index is 13.9. The zero-order valence-electron chi connectivity index (χ0n) is 18.0. The molecule has 33 heavy (non-hydrogen) atoms. The van der Waals surface area contributed by atoms with E-state index in [-0.39, 0.29) is 11.7 Å². The Balaban J connectivity index is 1.46. The average Bonchev–Trinajstić information content (AvgIpc) is 3.15. The summed E-state index contributed by atoms with van der Waals surface area (Å²) < 4.78 is 68.7. The van der Waals surface area contributed by atoms with Gasteiger partial charge < -0.3 is 10.2 Å². The third-order valence-corrected chi connectivity index (χ3v) is 7.28. The molecule has 1 atom stereocenters. The van der Waals surface area contributed by atoms with Gasteiger partial charge in [-0.1, -0.05) is 0 Å². The molecular formula is C23H24F5N3OS. The molecule has 4 nitrogen and oxygen atoms in total. The van der Waals surface area contributed by atoms with Gasteiger partial charge in [-0.3, -0.25) is 9.78 Å². The number of carbonyl (C=O) groups is 1. The Morgan fingerprint density at radius 2 is 1.73 bits per heavy atom. The van der Waals surface area contributed by atoms with E-state index in [1.54, 1.807) is 11.8 Å².